The Morgan fingerprint density at radius 3 is 2.47 bits per heavy atom. The highest BCUT2D eigenvalue weighted by molar-refractivity contribution is 9.10. The molecule has 13 heteroatoms. The Morgan fingerprint density at radius 1 is 0.925 bits per heavy atom. The molecule has 5 aromatic rings. The van der Waals surface area contributed by atoms with Crippen LogP contribution in [0, 0.1) is 0 Å². The Hall–Kier alpha value is -5.40. The summed E-state index contributed by atoms with van der Waals surface area (Å²) < 4.78 is 36.2. The summed E-state index contributed by atoms with van der Waals surface area (Å²) in [6, 6.07) is 22.0. The summed E-state index contributed by atoms with van der Waals surface area (Å²) in [5, 5.41) is 2.23. The summed E-state index contributed by atoms with van der Waals surface area (Å²) in [7, 11) is 2.83. The molecule has 0 amide bonds. The number of halogens is 1. The monoisotopic (exact) mass is 800 g/mol. The molecule has 274 valence electrons. The third-order valence-electron chi connectivity index (χ3n) is 8.48. The predicted molar refractivity (Wildman–Crippen MR) is 204 cm³/mol. The minimum absolute atomic E-state index is 0.135. The van der Waals surface area contributed by atoms with Gasteiger partial charge in [-0.15, -0.1) is 0 Å². The van der Waals surface area contributed by atoms with Crippen LogP contribution in [0.2, 0.25) is 0 Å². The van der Waals surface area contributed by atoms with Crippen LogP contribution in [0.1, 0.15) is 43.5 Å². The number of nitrogens with zero attached hydrogens (tertiary/aromatic N) is 2. The van der Waals surface area contributed by atoms with Crippen molar-refractivity contribution in [2.75, 3.05) is 34.0 Å². The van der Waals surface area contributed by atoms with Gasteiger partial charge in [0, 0.05) is 0 Å². The maximum Gasteiger partial charge on any atom is 0.343 e. The number of ether oxygens (including phenoxy) is 6. The van der Waals surface area contributed by atoms with Gasteiger partial charge in [0.2, 0.25) is 0 Å². The average Bonchev–Trinajstić information content (AvgIpc) is 3.46. The predicted octanol–water partition coefficient (Wildman–Crippen LogP) is 6.25. The van der Waals surface area contributed by atoms with Crippen LogP contribution in [0.5, 0.6) is 23.0 Å². The van der Waals surface area contributed by atoms with Gasteiger partial charge in [0.1, 0.15) is 6.61 Å². The molecule has 11 nitrogen and oxygen atoms in total. The van der Waals surface area contributed by atoms with E-state index in [4.69, 9.17) is 28.4 Å². The number of hydrogen-bond acceptors (Lipinski definition) is 11. The van der Waals surface area contributed by atoms with Crippen molar-refractivity contribution in [3.8, 4) is 23.0 Å². The molecular weight excluding hydrogens is 764 g/mol. The standard InChI is InChI=1S/C40H37BrN2O9S/c1-6-49-31-20-26(15-16-30(31)51-22-34(44)48-5)36-35(39(46)50-7-2)23(3)42-40-43(36)38(45)33(53-40)19-24-17-29(41)37(32(18-24)47-4)52-21-27-13-10-12-25-11-8-9-14-28(25)27/h8-20,36H,6-7,21-22H2,1-5H3/b33-19+/t36-/m1/s1. The largest absolute Gasteiger partial charge is 0.493 e. The lowest BCUT2D eigenvalue weighted by Gasteiger charge is -2.25. The second-order valence-corrected chi connectivity index (χ2v) is 13.6. The second kappa shape index (κ2) is 16.5. The first kappa shape index (κ1) is 37.4. The highest BCUT2D eigenvalue weighted by Gasteiger charge is 2.34. The molecule has 0 bridgehead atoms. The van der Waals surface area contributed by atoms with E-state index in [2.05, 4.69) is 39.1 Å². The molecular formula is C40H37BrN2O9S. The molecule has 4 aromatic carbocycles. The maximum atomic E-state index is 14.3. The summed E-state index contributed by atoms with van der Waals surface area (Å²) in [6.45, 7) is 5.67. The number of esters is 2. The van der Waals surface area contributed by atoms with Gasteiger partial charge in [0.15, 0.2) is 34.4 Å². The Morgan fingerprint density at radius 2 is 1.72 bits per heavy atom. The van der Waals surface area contributed by atoms with E-state index in [9.17, 15) is 14.4 Å². The number of aromatic nitrogens is 1. The number of rotatable bonds is 13. The molecule has 0 radical (unpaired) electrons. The van der Waals surface area contributed by atoms with Crippen LogP contribution in [0.4, 0.5) is 0 Å². The molecule has 1 aliphatic rings. The van der Waals surface area contributed by atoms with Gasteiger partial charge in [-0.1, -0.05) is 59.9 Å². The van der Waals surface area contributed by atoms with Crippen molar-refractivity contribution < 1.29 is 38.0 Å². The first-order chi connectivity index (χ1) is 25.7. The zero-order chi connectivity index (χ0) is 37.6. The number of hydrogen-bond donors (Lipinski definition) is 0. The van der Waals surface area contributed by atoms with Crippen LogP contribution < -0.4 is 33.8 Å². The molecule has 0 saturated carbocycles. The molecule has 0 aliphatic carbocycles. The van der Waals surface area contributed by atoms with Gasteiger partial charge in [0.25, 0.3) is 5.56 Å². The first-order valence-electron chi connectivity index (χ1n) is 16.8. The molecule has 0 unspecified atom stereocenters. The molecule has 53 heavy (non-hydrogen) atoms. The van der Waals surface area contributed by atoms with Crippen LogP contribution in [-0.4, -0.2) is 50.5 Å². The molecule has 1 aliphatic heterocycles. The van der Waals surface area contributed by atoms with Crippen LogP contribution in [0.25, 0.3) is 16.8 Å². The van der Waals surface area contributed by atoms with Gasteiger partial charge in [-0.2, -0.15) is 0 Å². The molecule has 0 fully saturated rings. The average molecular weight is 802 g/mol. The Kier molecular flexibility index (Phi) is 11.6. The van der Waals surface area contributed by atoms with Crippen LogP contribution in [0.15, 0.2) is 98.3 Å². The summed E-state index contributed by atoms with van der Waals surface area (Å²) in [4.78, 5) is 44.6. The van der Waals surface area contributed by atoms with Crippen molar-refractivity contribution in [1.29, 1.82) is 0 Å². The zero-order valence-electron chi connectivity index (χ0n) is 29.8. The topological polar surface area (TPSA) is 124 Å². The van der Waals surface area contributed by atoms with E-state index in [0.717, 1.165) is 16.3 Å². The molecule has 2 heterocycles. The molecule has 0 saturated heterocycles. The number of thiazole rings is 1. The van der Waals surface area contributed by atoms with Crippen LogP contribution in [0.3, 0.4) is 0 Å². The van der Waals surface area contributed by atoms with Crippen molar-refractivity contribution in [3.05, 3.63) is 125 Å². The lowest BCUT2D eigenvalue weighted by atomic mass is 9.95. The van der Waals surface area contributed by atoms with E-state index < -0.39 is 18.0 Å². The quantitative estimate of drug-likeness (QED) is 0.127. The fourth-order valence-corrected chi connectivity index (χ4v) is 7.69. The van der Waals surface area contributed by atoms with Gasteiger partial charge in [-0.05, 0) is 94.5 Å². The van der Waals surface area contributed by atoms with Crippen molar-refractivity contribution in [3.63, 3.8) is 0 Å². The number of benzene rings is 4. The van der Waals surface area contributed by atoms with E-state index in [1.54, 1.807) is 51.3 Å². The van der Waals surface area contributed by atoms with Crippen LogP contribution >= 0.6 is 27.3 Å². The lowest BCUT2D eigenvalue weighted by molar-refractivity contribution is -0.143. The highest BCUT2D eigenvalue weighted by Crippen LogP contribution is 2.39. The fourth-order valence-electron chi connectivity index (χ4n) is 6.07. The van der Waals surface area contributed by atoms with E-state index >= 15 is 0 Å². The van der Waals surface area contributed by atoms with Crippen molar-refractivity contribution in [2.45, 2.75) is 33.4 Å². The maximum absolute atomic E-state index is 14.3. The Balaban J connectivity index is 1.40. The minimum atomic E-state index is -0.896. The SMILES string of the molecule is CCOC(=O)C1=C(C)N=c2s/c(=C/c3cc(Br)c(OCc4cccc5ccccc45)c(OC)c3)c(=O)n2[C@@H]1c1ccc(OCC(=O)OC)c(OCC)c1. The number of fused-ring (bicyclic) bond motifs is 2. The minimum Gasteiger partial charge on any atom is -0.493 e. The fraction of sp³-hybridized carbons (Fsp3) is 0.250. The molecule has 0 spiro atoms. The smallest absolute Gasteiger partial charge is 0.343 e. The van der Waals surface area contributed by atoms with Gasteiger partial charge < -0.3 is 28.4 Å². The van der Waals surface area contributed by atoms with Crippen molar-refractivity contribution in [1.82, 2.24) is 4.57 Å². The second-order valence-electron chi connectivity index (χ2n) is 11.8. The number of methoxy groups -OCH3 is 2. The van der Waals surface area contributed by atoms with Crippen LogP contribution in [-0.2, 0) is 25.7 Å². The van der Waals surface area contributed by atoms with Gasteiger partial charge in [-0.25, -0.2) is 14.6 Å². The number of allylic oxidation sites excluding steroid dienone is 1. The van der Waals surface area contributed by atoms with Gasteiger partial charge in [0.05, 0.1) is 53.8 Å². The summed E-state index contributed by atoms with van der Waals surface area (Å²) in [5.41, 5.74) is 2.55. The molecule has 1 aromatic heterocycles. The Bertz CT molecular complexity index is 2410. The van der Waals surface area contributed by atoms with E-state index in [1.165, 1.54) is 23.0 Å². The normalized spacial score (nSPS) is 14.0. The third kappa shape index (κ3) is 7.86. The molecule has 0 N–H and O–H groups in total. The number of carbonyl (C=O) groups excluding carboxylic acids is 2. The zero-order valence-corrected chi connectivity index (χ0v) is 32.2. The molecule has 1 atom stereocenters. The van der Waals surface area contributed by atoms with Gasteiger partial charge in [-0.3, -0.25) is 9.36 Å². The summed E-state index contributed by atoms with van der Waals surface area (Å²) >= 11 is 4.85. The van der Waals surface area contributed by atoms with E-state index in [1.807, 2.05) is 37.3 Å². The lowest BCUT2D eigenvalue weighted by Crippen LogP contribution is -2.40. The Labute approximate surface area is 317 Å². The first-order valence-corrected chi connectivity index (χ1v) is 18.4. The number of carbonyl (C=O) groups is 2. The summed E-state index contributed by atoms with van der Waals surface area (Å²) in [6.07, 6.45) is 1.75. The van der Waals surface area contributed by atoms with Crippen molar-refractivity contribution >= 4 is 56.1 Å². The van der Waals surface area contributed by atoms with Gasteiger partial charge >= 0.3 is 11.9 Å². The summed E-state index contributed by atoms with van der Waals surface area (Å²) in [5.74, 6) is 0.488. The molecule has 6 rings (SSSR count). The highest BCUT2D eigenvalue weighted by atomic mass is 79.9. The van der Waals surface area contributed by atoms with Crippen molar-refractivity contribution in [2.24, 2.45) is 4.99 Å². The third-order valence-corrected chi connectivity index (χ3v) is 10.0. The van der Waals surface area contributed by atoms with E-state index in [-0.39, 0.29) is 24.3 Å². The van der Waals surface area contributed by atoms with E-state index in [0.29, 0.717) is 66.8 Å².